The second kappa shape index (κ2) is 7.71. The van der Waals surface area contributed by atoms with Gasteiger partial charge in [-0.15, -0.1) is 0 Å². The number of carboxylic acid groups (broad SMARTS) is 1. The Labute approximate surface area is 157 Å². The summed E-state index contributed by atoms with van der Waals surface area (Å²) >= 11 is 0. The highest BCUT2D eigenvalue weighted by Gasteiger charge is 2.78. The number of hydrogen-bond acceptors (Lipinski definition) is 6. The average molecular weight is 434 g/mol. The maximum Gasteiger partial charge on any atom is 0.507 e. The molecule has 1 unspecified atom stereocenters. The maximum absolute atomic E-state index is 13.7. The van der Waals surface area contributed by atoms with E-state index in [2.05, 4.69) is 4.74 Å². The molecular formula is C14H12F6N2O7. The number of ether oxygens (including phenoxy) is 1. The highest BCUT2D eigenvalue weighted by atomic mass is 19.4. The quantitative estimate of drug-likeness (QED) is 0.287. The van der Waals surface area contributed by atoms with E-state index in [1.54, 1.807) is 0 Å². The van der Waals surface area contributed by atoms with E-state index >= 15 is 0 Å². The van der Waals surface area contributed by atoms with Gasteiger partial charge in [-0.1, -0.05) is 13.8 Å². The van der Waals surface area contributed by atoms with Gasteiger partial charge in [0.1, 0.15) is 0 Å². The zero-order valence-corrected chi connectivity index (χ0v) is 14.5. The molecule has 0 aliphatic carbocycles. The summed E-state index contributed by atoms with van der Waals surface area (Å²) in [5, 5.41) is 30.9. The van der Waals surface area contributed by atoms with Crippen LogP contribution in [-0.2, 0) is 10.3 Å². The standard InChI is InChI=1S/C14H12F6N2O7/c1-3-6(2)8-4-7(21(25)26)5-9(22(27)28)10(8)12(13(15,16)17,14(18,19)20)29-11(23)24/h4-6H,3H2,1-2H3,(H,23,24). The minimum absolute atomic E-state index is 0.112. The molecule has 0 aromatic heterocycles. The number of nitro benzene ring substituents is 2. The molecule has 1 rings (SSSR count). The van der Waals surface area contributed by atoms with Gasteiger partial charge in [0.05, 0.1) is 21.5 Å². The molecule has 29 heavy (non-hydrogen) atoms. The summed E-state index contributed by atoms with van der Waals surface area (Å²) in [6.07, 6.45) is -16.3. The first kappa shape index (κ1) is 23.9. The zero-order chi connectivity index (χ0) is 22.9. The summed E-state index contributed by atoms with van der Waals surface area (Å²) < 4.78 is 85.5. The summed E-state index contributed by atoms with van der Waals surface area (Å²) in [5.41, 5.74) is -12.0. The van der Waals surface area contributed by atoms with Gasteiger partial charge in [0.2, 0.25) is 0 Å². The monoisotopic (exact) mass is 434 g/mol. The SMILES string of the molecule is CCC(C)c1cc([N+](=O)[O-])cc([N+](=O)[O-])c1C(OC(=O)O)(C(F)(F)F)C(F)(F)F. The fraction of sp³-hybridized carbons (Fsp3) is 0.500. The fourth-order valence-corrected chi connectivity index (χ4v) is 2.62. The van der Waals surface area contributed by atoms with Gasteiger partial charge in [-0.05, 0) is 17.9 Å². The molecule has 0 aliphatic rings. The van der Waals surface area contributed by atoms with Crippen LogP contribution in [-0.4, -0.2) is 33.5 Å². The third kappa shape index (κ3) is 4.17. The summed E-state index contributed by atoms with van der Waals surface area (Å²) in [6, 6.07) is 0.187. The Balaban J connectivity index is 4.35. The third-order valence-electron chi connectivity index (χ3n) is 4.07. The van der Waals surface area contributed by atoms with E-state index in [1.165, 1.54) is 6.92 Å². The van der Waals surface area contributed by atoms with Gasteiger partial charge in [0.15, 0.2) is 0 Å². The van der Waals surface area contributed by atoms with Crippen molar-refractivity contribution in [1.82, 2.24) is 0 Å². The number of nitro groups is 2. The second-order valence-electron chi connectivity index (χ2n) is 5.80. The average Bonchev–Trinajstić information content (AvgIpc) is 2.55. The lowest BCUT2D eigenvalue weighted by atomic mass is 9.81. The Bertz CT molecular complexity index is 823. The molecule has 1 aromatic rings. The van der Waals surface area contributed by atoms with Gasteiger partial charge < -0.3 is 9.84 Å². The van der Waals surface area contributed by atoms with Crippen LogP contribution in [0.3, 0.4) is 0 Å². The normalized spacial score (nSPS) is 13.7. The van der Waals surface area contributed by atoms with Gasteiger partial charge in [0, 0.05) is 6.07 Å². The number of alkyl halides is 6. The molecule has 0 radical (unpaired) electrons. The van der Waals surface area contributed by atoms with Crippen LogP contribution >= 0.6 is 0 Å². The first-order valence-electron chi connectivity index (χ1n) is 7.53. The van der Waals surface area contributed by atoms with Crippen LogP contribution in [0, 0.1) is 20.2 Å². The topological polar surface area (TPSA) is 133 Å². The molecule has 0 spiro atoms. The molecule has 1 N–H and O–H groups in total. The molecular weight excluding hydrogens is 422 g/mol. The van der Waals surface area contributed by atoms with Crippen LogP contribution in [0.15, 0.2) is 12.1 Å². The van der Waals surface area contributed by atoms with Crippen molar-refractivity contribution in [3.63, 3.8) is 0 Å². The molecule has 0 amide bonds. The van der Waals surface area contributed by atoms with E-state index in [0.717, 1.165) is 6.92 Å². The van der Waals surface area contributed by atoms with Gasteiger partial charge in [-0.2, -0.15) is 26.3 Å². The van der Waals surface area contributed by atoms with E-state index in [-0.39, 0.29) is 12.5 Å². The predicted molar refractivity (Wildman–Crippen MR) is 81.4 cm³/mol. The molecule has 0 saturated carbocycles. The Morgan fingerprint density at radius 2 is 1.59 bits per heavy atom. The minimum atomic E-state index is -6.53. The van der Waals surface area contributed by atoms with Gasteiger partial charge >= 0.3 is 24.1 Å². The lowest BCUT2D eigenvalue weighted by Gasteiger charge is -2.37. The van der Waals surface area contributed by atoms with Crippen molar-refractivity contribution in [3.05, 3.63) is 43.5 Å². The summed E-state index contributed by atoms with van der Waals surface area (Å²) in [6.45, 7) is 2.35. The second-order valence-corrected chi connectivity index (χ2v) is 5.80. The Morgan fingerprint density at radius 1 is 1.10 bits per heavy atom. The molecule has 9 nitrogen and oxygen atoms in total. The Hall–Kier alpha value is -3.13. The van der Waals surface area contributed by atoms with Crippen LogP contribution in [0.2, 0.25) is 0 Å². The molecule has 0 saturated heterocycles. The van der Waals surface area contributed by atoms with Crippen LogP contribution in [0.25, 0.3) is 0 Å². The van der Waals surface area contributed by atoms with Gasteiger partial charge in [-0.3, -0.25) is 20.2 Å². The molecule has 0 heterocycles. The van der Waals surface area contributed by atoms with E-state index in [9.17, 15) is 51.4 Å². The molecule has 0 fully saturated rings. The molecule has 0 aliphatic heterocycles. The van der Waals surface area contributed by atoms with Crippen molar-refractivity contribution in [2.45, 2.75) is 44.1 Å². The number of carbonyl (C=O) groups is 1. The van der Waals surface area contributed by atoms with Gasteiger partial charge in [0.25, 0.3) is 11.4 Å². The number of halogens is 6. The van der Waals surface area contributed by atoms with Crippen molar-refractivity contribution in [2.75, 3.05) is 0 Å². The van der Waals surface area contributed by atoms with Crippen molar-refractivity contribution in [3.8, 4) is 0 Å². The predicted octanol–water partition coefficient (Wildman–Crippen LogP) is 5.03. The lowest BCUT2D eigenvalue weighted by molar-refractivity contribution is -0.405. The smallest absolute Gasteiger partial charge is 0.450 e. The van der Waals surface area contributed by atoms with Crippen LogP contribution in [0.1, 0.15) is 37.3 Å². The maximum atomic E-state index is 13.7. The van der Waals surface area contributed by atoms with E-state index < -0.39 is 62.4 Å². The van der Waals surface area contributed by atoms with Crippen molar-refractivity contribution >= 4 is 17.5 Å². The first-order chi connectivity index (χ1) is 13.0. The Morgan fingerprint density at radius 3 is 1.90 bits per heavy atom. The highest BCUT2D eigenvalue weighted by molar-refractivity contribution is 5.63. The minimum Gasteiger partial charge on any atom is -0.450 e. The molecule has 0 bridgehead atoms. The van der Waals surface area contributed by atoms with Crippen LogP contribution < -0.4 is 0 Å². The molecule has 1 atom stereocenters. The largest absolute Gasteiger partial charge is 0.507 e. The highest BCUT2D eigenvalue weighted by Crippen LogP contribution is 2.57. The first-order valence-corrected chi connectivity index (χ1v) is 7.53. The van der Waals surface area contributed by atoms with Crippen molar-refractivity contribution in [2.24, 2.45) is 0 Å². The summed E-state index contributed by atoms with van der Waals surface area (Å²) in [5.74, 6) is -1.30. The van der Waals surface area contributed by atoms with E-state index in [1.807, 2.05) is 0 Å². The molecule has 162 valence electrons. The fourth-order valence-electron chi connectivity index (χ4n) is 2.62. The van der Waals surface area contributed by atoms with Gasteiger partial charge in [-0.25, -0.2) is 4.79 Å². The van der Waals surface area contributed by atoms with Crippen molar-refractivity contribution < 1.29 is 50.8 Å². The lowest BCUT2D eigenvalue weighted by Crippen LogP contribution is -2.57. The number of hydrogen-bond donors (Lipinski definition) is 1. The number of non-ortho nitro benzene ring substituents is 1. The number of nitrogens with zero attached hydrogens (tertiary/aromatic N) is 2. The van der Waals surface area contributed by atoms with Crippen LogP contribution in [0.4, 0.5) is 42.5 Å². The Kier molecular flexibility index (Phi) is 6.36. The molecule has 15 heteroatoms. The van der Waals surface area contributed by atoms with E-state index in [0.29, 0.717) is 6.07 Å². The zero-order valence-electron chi connectivity index (χ0n) is 14.5. The van der Waals surface area contributed by atoms with E-state index in [4.69, 9.17) is 5.11 Å². The third-order valence-corrected chi connectivity index (χ3v) is 4.07. The van der Waals surface area contributed by atoms with Crippen LogP contribution in [0.5, 0.6) is 0 Å². The summed E-state index contributed by atoms with van der Waals surface area (Å²) in [7, 11) is 0. The summed E-state index contributed by atoms with van der Waals surface area (Å²) in [4.78, 5) is 30.1. The van der Waals surface area contributed by atoms with Crippen molar-refractivity contribution in [1.29, 1.82) is 0 Å². The number of benzene rings is 1. The molecule has 1 aromatic carbocycles. The number of rotatable bonds is 6.